The molecule has 2 atom stereocenters. The Labute approximate surface area is 328 Å². The van der Waals surface area contributed by atoms with Crippen molar-refractivity contribution in [3.8, 4) is 33.4 Å². The maximum Gasteiger partial charge on any atom is 0.0540 e. The Bertz CT molecular complexity index is 2650. The lowest BCUT2D eigenvalue weighted by molar-refractivity contribution is 0.0140. The highest BCUT2D eigenvalue weighted by Crippen LogP contribution is 2.63. The standard InChI is InChI=1S/C53H45NS/c1-4-13-36(14-5-1)40-23-27-49(46(33-40)37-15-6-2-7-16-37)54(42-25-26-45-44-19-10-11-22-51(44)55-52(45)35-42)50-28-24-41(34-47(50)38-17-8-3-9-18-38)53-31-29-39(30-32-53)43-20-12-21-48(43)53/h1-11,13-19,22-28,33-35,39,43,48H,12,20-21,29-32H2. The lowest BCUT2D eigenvalue weighted by atomic mass is 9.49. The molecule has 1 nitrogen and oxygen atoms in total. The van der Waals surface area contributed by atoms with E-state index >= 15 is 0 Å². The Kier molecular flexibility index (Phi) is 8.02. The SMILES string of the molecule is c1ccc(-c2ccc(N(c3ccc4c(c3)sc3ccccc34)c3ccc(C45CCC(CC4)C4CCCC45)cc3-c3ccccc3)c(-c3ccccc3)c2)cc1. The molecule has 268 valence electrons. The molecule has 4 fully saturated rings. The minimum Gasteiger partial charge on any atom is -0.309 e. The molecule has 8 aromatic rings. The van der Waals surface area contributed by atoms with Crippen LogP contribution in [0.3, 0.4) is 0 Å². The van der Waals surface area contributed by atoms with Crippen molar-refractivity contribution in [2.75, 3.05) is 4.90 Å². The molecule has 12 rings (SSSR count). The van der Waals surface area contributed by atoms with Crippen molar-refractivity contribution in [3.05, 3.63) is 175 Å². The predicted molar refractivity (Wildman–Crippen MR) is 235 cm³/mol. The molecule has 1 aromatic heterocycles. The first-order chi connectivity index (χ1) is 27.2. The van der Waals surface area contributed by atoms with Gasteiger partial charge in [0.15, 0.2) is 0 Å². The van der Waals surface area contributed by atoms with Crippen LogP contribution in [0, 0.1) is 17.8 Å². The molecule has 0 radical (unpaired) electrons. The van der Waals surface area contributed by atoms with Crippen molar-refractivity contribution < 1.29 is 0 Å². The normalized spacial score (nSPS) is 21.6. The molecular formula is C53H45NS. The summed E-state index contributed by atoms with van der Waals surface area (Å²) in [5.41, 5.74) is 12.9. The van der Waals surface area contributed by atoms with Gasteiger partial charge in [0.2, 0.25) is 0 Å². The van der Waals surface area contributed by atoms with Gasteiger partial charge in [0.05, 0.1) is 11.4 Å². The monoisotopic (exact) mass is 727 g/mol. The van der Waals surface area contributed by atoms with Gasteiger partial charge in [-0.2, -0.15) is 0 Å². The quantitative estimate of drug-likeness (QED) is 0.158. The molecule has 2 bridgehead atoms. The van der Waals surface area contributed by atoms with Gasteiger partial charge in [0.1, 0.15) is 0 Å². The van der Waals surface area contributed by atoms with E-state index in [1.54, 1.807) is 5.56 Å². The van der Waals surface area contributed by atoms with Crippen LogP contribution in [0.2, 0.25) is 0 Å². The highest BCUT2D eigenvalue weighted by Gasteiger charge is 2.55. The molecule has 0 amide bonds. The van der Waals surface area contributed by atoms with Crippen molar-refractivity contribution in [2.24, 2.45) is 17.8 Å². The fraction of sp³-hybridized carbons (Fsp3) is 0.208. The second-order valence-electron chi connectivity index (χ2n) is 16.4. The summed E-state index contributed by atoms with van der Waals surface area (Å²) in [6.07, 6.45) is 9.75. The number of hydrogen-bond donors (Lipinski definition) is 0. The van der Waals surface area contributed by atoms with Crippen molar-refractivity contribution in [1.82, 2.24) is 0 Å². The molecule has 0 aliphatic heterocycles. The van der Waals surface area contributed by atoms with E-state index in [4.69, 9.17) is 0 Å². The molecule has 4 aliphatic carbocycles. The van der Waals surface area contributed by atoms with E-state index in [0.717, 1.165) is 17.8 Å². The van der Waals surface area contributed by atoms with Gasteiger partial charge in [-0.3, -0.25) is 0 Å². The fourth-order valence-corrected chi connectivity index (χ4v) is 12.4. The molecule has 1 heterocycles. The van der Waals surface area contributed by atoms with Crippen molar-refractivity contribution >= 4 is 48.6 Å². The van der Waals surface area contributed by atoms with Gasteiger partial charge >= 0.3 is 0 Å². The first kappa shape index (κ1) is 32.9. The number of fused-ring (bicyclic) bond motifs is 5. The summed E-state index contributed by atoms with van der Waals surface area (Å²) in [5.74, 6) is 2.71. The predicted octanol–water partition coefficient (Wildman–Crippen LogP) is 15.4. The van der Waals surface area contributed by atoms with E-state index in [0.29, 0.717) is 5.41 Å². The minimum absolute atomic E-state index is 0.297. The Morgan fingerprint density at radius 1 is 0.473 bits per heavy atom. The maximum absolute atomic E-state index is 2.64. The summed E-state index contributed by atoms with van der Waals surface area (Å²) < 4.78 is 2.65. The van der Waals surface area contributed by atoms with E-state index < -0.39 is 0 Å². The van der Waals surface area contributed by atoms with E-state index in [-0.39, 0.29) is 0 Å². The van der Waals surface area contributed by atoms with Crippen LogP contribution in [0.5, 0.6) is 0 Å². The highest BCUT2D eigenvalue weighted by molar-refractivity contribution is 7.25. The zero-order valence-electron chi connectivity index (χ0n) is 31.2. The van der Waals surface area contributed by atoms with Crippen LogP contribution in [-0.4, -0.2) is 0 Å². The summed E-state index contributed by atoms with van der Waals surface area (Å²) in [4.78, 5) is 2.57. The van der Waals surface area contributed by atoms with E-state index in [2.05, 4.69) is 175 Å². The topological polar surface area (TPSA) is 3.24 Å². The summed E-state index contributed by atoms with van der Waals surface area (Å²) in [6.45, 7) is 0. The van der Waals surface area contributed by atoms with Gasteiger partial charge in [0.25, 0.3) is 0 Å². The van der Waals surface area contributed by atoms with Crippen LogP contribution < -0.4 is 4.90 Å². The second-order valence-corrected chi connectivity index (χ2v) is 17.5. The number of hydrogen-bond acceptors (Lipinski definition) is 2. The van der Waals surface area contributed by atoms with Crippen LogP contribution in [0.1, 0.15) is 50.5 Å². The third kappa shape index (κ3) is 5.48. The Morgan fingerprint density at radius 2 is 1.09 bits per heavy atom. The van der Waals surface area contributed by atoms with Gasteiger partial charge in [-0.05, 0) is 132 Å². The zero-order chi connectivity index (χ0) is 36.3. The lowest BCUT2D eigenvalue weighted by Crippen LogP contribution is -2.49. The first-order valence-corrected chi connectivity index (χ1v) is 21.2. The second kappa shape index (κ2) is 13.4. The Morgan fingerprint density at radius 3 is 1.82 bits per heavy atom. The van der Waals surface area contributed by atoms with Gasteiger partial charge in [0, 0.05) is 37.0 Å². The maximum atomic E-state index is 2.64. The van der Waals surface area contributed by atoms with Gasteiger partial charge in [-0.1, -0.05) is 134 Å². The molecular weight excluding hydrogens is 683 g/mol. The van der Waals surface area contributed by atoms with Crippen LogP contribution in [-0.2, 0) is 5.41 Å². The van der Waals surface area contributed by atoms with Gasteiger partial charge in [-0.15, -0.1) is 11.3 Å². The van der Waals surface area contributed by atoms with Crippen molar-refractivity contribution in [2.45, 2.75) is 50.4 Å². The first-order valence-electron chi connectivity index (χ1n) is 20.4. The number of anilines is 3. The number of nitrogens with zero attached hydrogens (tertiary/aromatic N) is 1. The molecule has 2 unspecified atom stereocenters. The largest absolute Gasteiger partial charge is 0.309 e. The summed E-state index contributed by atoms with van der Waals surface area (Å²) in [7, 11) is 0. The molecule has 0 saturated heterocycles. The summed E-state index contributed by atoms with van der Waals surface area (Å²) >= 11 is 1.89. The third-order valence-corrected chi connectivity index (χ3v) is 14.9. The van der Waals surface area contributed by atoms with Crippen LogP contribution in [0.25, 0.3) is 53.6 Å². The van der Waals surface area contributed by atoms with Gasteiger partial charge < -0.3 is 4.90 Å². The Hall–Kier alpha value is -5.44. The van der Waals surface area contributed by atoms with Gasteiger partial charge in [-0.25, -0.2) is 0 Å². The summed E-state index contributed by atoms with van der Waals surface area (Å²) in [6, 6.07) is 63.8. The molecule has 7 aromatic carbocycles. The van der Waals surface area contributed by atoms with Crippen molar-refractivity contribution in [1.29, 1.82) is 0 Å². The lowest BCUT2D eigenvalue weighted by Gasteiger charge is -2.55. The molecule has 55 heavy (non-hydrogen) atoms. The van der Waals surface area contributed by atoms with Crippen LogP contribution in [0.4, 0.5) is 17.1 Å². The fourth-order valence-electron chi connectivity index (χ4n) is 11.2. The number of thiophene rings is 1. The molecule has 0 N–H and O–H groups in total. The minimum atomic E-state index is 0.297. The Balaban J connectivity index is 1.17. The molecule has 4 aliphatic rings. The molecule has 0 spiro atoms. The molecule has 4 saturated carbocycles. The number of benzene rings is 7. The average Bonchev–Trinajstić information content (AvgIpc) is 3.93. The zero-order valence-corrected chi connectivity index (χ0v) is 32.0. The van der Waals surface area contributed by atoms with E-state index in [1.165, 1.54) is 116 Å². The number of rotatable bonds is 7. The molecule has 2 heteroatoms. The van der Waals surface area contributed by atoms with E-state index in [1.807, 2.05) is 11.3 Å². The third-order valence-electron chi connectivity index (χ3n) is 13.8. The summed E-state index contributed by atoms with van der Waals surface area (Å²) in [5, 5.41) is 2.66. The van der Waals surface area contributed by atoms with Crippen LogP contribution >= 0.6 is 11.3 Å². The van der Waals surface area contributed by atoms with Crippen LogP contribution in [0.15, 0.2) is 170 Å². The smallest absolute Gasteiger partial charge is 0.0540 e. The highest BCUT2D eigenvalue weighted by atomic mass is 32.1. The average molecular weight is 728 g/mol. The van der Waals surface area contributed by atoms with E-state index in [9.17, 15) is 0 Å². The van der Waals surface area contributed by atoms with Crippen molar-refractivity contribution in [3.63, 3.8) is 0 Å².